The number of nitrogens with one attached hydrogen (secondary N) is 1. The highest BCUT2D eigenvalue weighted by atomic mass is 79.9. The van der Waals surface area contributed by atoms with Gasteiger partial charge in [0.25, 0.3) is 5.91 Å². The lowest BCUT2D eigenvalue weighted by molar-refractivity contribution is 0.0941. The predicted octanol–water partition coefficient (Wildman–Crippen LogP) is 6.18. The van der Waals surface area contributed by atoms with Crippen molar-refractivity contribution >= 4 is 32.7 Å². The zero-order valence-corrected chi connectivity index (χ0v) is 21.0. The molecule has 0 fully saturated rings. The van der Waals surface area contributed by atoms with Crippen molar-refractivity contribution in [2.24, 2.45) is 0 Å². The molecule has 4 rings (SSSR count). The number of halogens is 1. The number of hydrogen-bond acceptors (Lipinski definition) is 5. The van der Waals surface area contributed by atoms with Crippen LogP contribution < -0.4 is 19.5 Å². The Morgan fingerprint density at radius 1 is 0.912 bits per heavy atom. The number of ether oxygens (including phenoxy) is 3. The van der Waals surface area contributed by atoms with Crippen LogP contribution in [0.4, 0.5) is 0 Å². The Kier molecular flexibility index (Phi) is 7.03. The van der Waals surface area contributed by atoms with E-state index in [1.807, 2.05) is 67.6 Å². The molecular formula is C27H25BrN2O4. The summed E-state index contributed by atoms with van der Waals surface area (Å²) in [5.41, 5.74) is 3.64. The molecule has 0 saturated heterocycles. The molecule has 0 aliphatic rings. The normalized spacial score (nSPS) is 11.7. The third-order valence-electron chi connectivity index (χ3n) is 5.64. The summed E-state index contributed by atoms with van der Waals surface area (Å²) in [7, 11) is 4.69. The minimum absolute atomic E-state index is 0.169. The highest BCUT2D eigenvalue weighted by molar-refractivity contribution is 9.10. The van der Waals surface area contributed by atoms with Crippen molar-refractivity contribution in [2.45, 2.75) is 13.0 Å². The molecule has 3 aromatic carbocycles. The van der Waals surface area contributed by atoms with Crippen LogP contribution in [0, 0.1) is 0 Å². The molecule has 1 N–H and O–H groups in total. The Morgan fingerprint density at radius 3 is 2.18 bits per heavy atom. The molecule has 1 heterocycles. The Bertz CT molecular complexity index is 1310. The van der Waals surface area contributed by atoms with Crippen molar-refractivity contribution in [1.82, 2.24) is 10.3 Å². The van der Waals surface area contributed by atoms with Crippen molar-refractivity contribution in [3.8, 4) is 28.5 Å². The van der Waals surface area contributed by atoms with Crippen LogP contribution in [-0.2, 0) is 0 Å². The Morgan fingerprint density at radius 2 is 1.56 bits per heavy atom. The third kappa shape index (κ3) is 4.70. The number of para-hydroxylation sites is 1. The number of methoxy groups -OCH3 is 3. The first-order chi connectivity index (χ1) is 16.4. The number of fused-ring (bicyclic) bond motifs is 1. The maximum Gasteiger partial charge on any atom is 0.252 e. The molecule has 0 aliphatic heterocycles. The first kappa shape index (κ1) is 23.6. The van der Waals surface area contributed by atoms with Crippen LogP contribution in [0.5, 0.6) is 17.2 Å². The van der Waals surface area contributed by atoms with E-state index in [1.165, 1.54) is 0 Å². The van der Waals surface area contributed by atoms with Gasteiger partial charge < -0.3 is 19.5 Å². The lowest BCUT2D eigenvalue weighted by Gasteiger charge is -2.17. The van der Waals surface area contributed by atoms with Crippen molar-refractivity contribution in [1.29, 1.82) is 0 Å². The van der Waals surface area contributed by atoms with Crippen LogP contribution >= 0.6 is 15.9 Å². The van der Waals surface area contributed by atoms with Gasteiger partial charge in [-0.25, -0.2) is 4.98 Å². The van der Waals surface area contributed by atoms with E-state index in [0.717, 1.165) is 26.5 Å². The van der Waals surface area contributed by atoms with E-state index >= 15 is 0 Å². The molecular weight excluding hydrogens is 496 g/mol. The summed E-state index contributed by atoms with van der Waals surface area (Å²) >= 11 is 3.45. The van der Waals surface area contributed by atoms with Crippen molar-refractivity contribution in [3.05, 3.63) is 82.3 Å². The predicted molar refractivity (Wildman–Crippen MR) is 137 cm³/mol. The van der Waals surface area contributed by atoms with Gasteiger partial charge >= 0.3 is 0 Å². The summed E-state index contributed by atoms with van der Waals surface area (Å²) in [5.74, 6) is 1.35. The zero-order valence-electron chi connectivity index (χ0n) is 19.4. The van der Waals surface area contributed by atoms with Gasteiger partial charge in [-0.1, -0.05) is 46.3 Å². The Balaban J connectivity index is 1.78. The van der Waals surface area contributed by atoms with Crippen molar-refractivity contribution < 1.29 is 19.0 Å². The molecule has 1 amide bonds. The minimum Gasteiger partial charge on any atom is -0.493 e. The molecule has 0 aliphatic carbocycles. The number of aromatic nitrogens is 1. The van der Waals surface area contributed by atoms with Gasteiger partial charge in [-0.05, 0) is 48.9 Å². The summed E-state index contributed by atoms with van der Waals surface area (Å²) in [5, 5.41) is 3.89. The van der Waals surface area contributed by atoms with Crippen LogP contribution in [0.15, 0.2) is 71.2 Å². The fourth-order valence-corrected chi connectivity index (χ4v) is 4.11. The van der Waals surface area contributed by atoms with Gasteiger partial charge in [0.15, 0.2) is 11.5 Å². The standard InChI is InChI=1S/C27H25BrN2O4/c1-16(17-9-11-19(28)12-10-17)29-27(31)21-15-23(30-22-8-6-5-7-20(21)22)18-13-24(32-2)26(34-4)25(14-18)33-3/h5-16H,1-4H3,(H,29,31)/t16-/m1/s1. The highest BCUT2D eigenvalue weighted by Crippen LogP contribution is 2.41. The molecule has 6 nitrogen and oxygen atoms in total. The Hall–Kier alpha value is -3.58. The second-order valence-electron chi connectivity index (χ2n) is 7.73. The Labute approximate surface area is 207 Å². The first-order valence-electron chi connectivity index (χ1n) is 10.7. The quantitative estimate of drug-likeness (QED) is 0.315. The zero-order chi connectivity index (χ0) is 24.2. The maximum absolute atomic E-state index is 13.4. The van der Waals surface area contributed by atoms with Gasteiger partial charge in [-0.3, -0.25) is 4.79 Å². The molecule has 0 radical (unpaired) electrons. The summed E-state index contributed by atoms with van der Waals surface area (Å²) in [6.07, 6.45) is 0. The molecule has 7 heteroatoms. The monoisotopic (exact) mass is 520 g/mol. The van der Waals surface area contributed by atoms with Crippen molar-refractivity contribution in [3.63, 3.8) is 0 Å². The van der Waals surface area contributed by atoms with Crippen LogP contribution in [0.25, 0.3) is 22.2 Å². The highest BCUT2D eigenvalue weighted by Gasteiger charge is 2.19. The van der Waals surface area contributed by atoms with Crippen LogP contribution in [0.1, 0.15) is 28.9 Å². The third-order valence-corrected chi connectivity index (χ3v) is 6.17. The van der Waals surface area contributed by atoms with Crippen LogP contribution in [0.3, 0.4) is 0 Å². The lowest BCUT2D eigenvalue weighted by Crippen LogP contribution is -2.27. The summed E-state index contributed by atoms with van der Waals surface area (Å²) in [4.78, 5) is 18.2. The fraction of sp³-hybridized carbons (Fsp3) is 0.185. The number of benzene rings is 3. The molecule has 174 valence electrons. The fourth-order valence-electron chi connectivity index (χ4n) is 3.85. The smallest absolute Gasteiger partial charge is 0.252 e. The second-order valence-corrected chi connectivity index (χ2v) is 8.65. The van der Waals surface area contributed by atoms with Gasteiger partial charge in [-0.15, -0.1) is 0 Å². The van der Waals surface area contributed by atoms with E-state index in [0.29, 0.717) is 28.5 Å². The van der Waals surface area contributed by atoms with E-state index in [1.54, 1.807) is 27.4 Å². The number of carbonyl (C=O) groups is 1. The SMILES string of the molecule is COc1cc(-c2cc(C(=O)N[C@H](C)c3ccc(Br)cc3)c3ccccc3n2)cc(OC)c1OC. The van der Waals surface area contributed by atoms with E-state index < -0.39 is 0 Å². The van der Waals surface area contributed by atoms with E-state index in [-0.39, 0.29) is 11.9 Å². The topological polar surface area (TPSA) is 69.7 Å². The van der Waals surface area contributed by atoms with E-state index in [4.69, 9.17) is 19.2 Å². The first-order valence-corrected chi connectivity index (χ1v) is 11.5. The lowest BCUT2D eigenvalue weighted by atomic mass is 10.0. The molecule has 0 unspecified atom stereocenters. The van der Waals surface area contributed by atoms with Gasteiger partial charge in [-0.2, -0.15) is 0 Å². The molecule has 0 saturated carbocycles. The summed E-state index contributed by atoms with van der Waals surface area (Å²) < 4.78 is 17.4. The average Bonchev–Trinajstić information content (AvgIpc) is 2.87. The van der Waals surface area contributed by atoms with E-state index in [9.17, 15) is 4.79 Å². The average molecular weight is 521 g/mol. The maximum atomic E-state index is 13.4. The van der Waals surface area contributed by atoms with Crippen molar-refractivity contribution in [2.75, 3.05) is 21.3 Å². The molecule has 1 atom stereocenters. The number of nitrogens with zero attached hydrogens (tertiary/aromatic N) is 1. The van der Waals surface area contributed by atoms with Crippen LogP contribution in [0.2, 0.25) is 0 Å². The molecule has 0 bridgehead atoms. The van der Waals surface area contributed by atoms with Gasteiger partial charge in [0.05, 0.1) is 44.1 Å². The molecule has 4 aromatic rings. The second kappa shape index (κ2) is 10.1. The minimum atomic E-state index is -0.178. The van der Waals surface area contributed by atoms with E-state index in [2.05, 4.69) is 21.2 Å². The van der Waals surface area contributed by atoms with Crippen LogP contribution in [-0.4, -0.2) is 32.2 Å². The number of carbonyl (C=O) groups excluding carboxylic acids is 1. The van der Waals surface area contributed by atoms with Gasteiger partial charge in [0, 0.05) is 15.4 Å². The number of amides is 1. The van der Waals surface area contributed by atoms with Gasteiger partial charge in [0.1, 0.15) is 0 Å². The van der Waals surface area contributed by atoms with Gasteiger partial charge in [0.2, 0.25) is 5.75 Å². The largest absolute Gasteiger partial charge is 0.493 e. The number of rotatable bonds is 7. The summed E-state index contributed by atoms with van der Waals surface area (Å²) in [6.45, 7) is 1.96. The number of hydrogen-bond donors (Lipinski definition) is 1. The molecule has 34 heavy (non-hydrogen) atoms. The molecule has 0 spiro atoms. The summed E-state index contributed by atoms with van der Waals surface area (Å²) in [6, 6.07) is 20.8. The molecule has 1 aromatic heterocycles. The number of pyridine rings is 1.